The van der Waals surface area contributed by atoms with Gasteiger partial charge in [-0.3, -0.25) is 0 Å². The summed E-state index contributed by atoms with van der Waals surface area (Å²) in [5.74, 6) is 0. The van der Waals surface area contributed by atoms with Gasteiger partial charge in [0.25, 0.3) is 0 Å². The molecule has 0 fully saturated rings. The largest absolute Gasteiger partial charge is 0.311 e. The second-order valence-electron chi connectivity index (χ2n) is 35.0. The molecule has 0 aliphatic rings. The molecule has 0 aliphatic carbocycles. The SMILES string of the molecule is c1ccc(-c2ccc(-c3ccc4c(c3)c3cc(-c5ccc(N(c6ccccc6)c6ccc(-c7ccc8c9ccccc9c9ccccc9c8c7)cc6)cc5)ccc3n4-c3ccccc3)cc2)cc1.c1ccc(N(c2ccc(-c3ccc4c5ccccc5c5ccccc5c4c3)cc2)c2ccc(-c3ccc4c(c3)c3cc(-c5cccc6ccccc56)ccc3n4-c3ccccc3)cc2)cc1. The third-order valence-corrected chi connectivity index (χ3v) is 27.3. The van der Waals surface area contributed by atoms with Crippen LogP contribution in [0, 0.1) is 0 Å². The molecule has 0 saturated heterocycles. The third-order valence-electron chi connectivity index (χ3n) is 27.3. The number of nitrogens with zero attached hydrogens (tertiary/aromatic N) is 4. The van der Waals surface area contributed by atoms with Crippen LogP contribution in [0.1, 0.15) is 0 Å². The monoisotopic (exact) mass is 1700 g/mol. The Morgan fingerprint density at radius 1 is 0.119 bits per heavy atom. The molecule has 0 unspecified atom stereocenters. The minimum Gasteiger partial charge on any atom is -0.311 e. The number of aromatic nitrogens is 2. The minimum atomic E-state index is 1.10. The Hall–Kier alpha value is -17.7. The molecule has 26 rings (SSSR count). The van der Waals surface area contributed by atoms with Crippen molar-refractivity contribution in [1.29, 1.82) is 0 Å². The molecular formula is C130H86N4. The summed E-state index contributed by atoms with van der Waals surface area (Å²) in [6, 6.07) is 190. The quantitative estimate of drug-likeness (QED) is 0.0951. The Kier molecular flexibility index (Phi) is 19.6. The van der Waals surface area contributed by atoms with Crippen molar-refractivity contribution >= 4 is 153 Å². The molecule has 24 aromatic carbocycles. The van der Waals surface area contributed by atoms with Crippen LogP contribution in [0.3, 0.4) is 0 Å². The molecule has 0 amide bonds. The summed E-state index contributed by atoms with van der Waals surface area (Å²) < 4.78 is 4.80. The van der Waals surface area contributed by atoms with E-state index in [2.05, 4.69) is 541 Å². The zero-order valence-corrected chi connectivity index (χ0v) is 73.4. The van der Waals surface area contributed by atoms with Crippen molar-refractivity contribution in [3.05, 3.63) is 522 Å². The number of para-hydroxylation sites is 4. The molecule has 0 aliphatic heterocycles. The van der Waals surface area contributed by atoms with E-state index in [0.717, 1.165) is 45.5 Å². The van der Waals surface area contributed by atoms with Gasteiger partial charge in [-0.05, 0) is 311 Å². The van der Waals surface area contributed by atoms with Crippen molar-refractivity contribution in [1.82, 2.24) is 9.13 Å². The second-order valence-corrected chi connectivity index (χ2v) is 35.0. The average molecular weight is 1700 g/mol. The molecule has 26 aromatic rings. The highest BCUT2D eigenvalue weighted by atomic mass is 15.1. The lowest BCUT2D eigenvalue weighted by Crippen LogP contribution is -2.09. The Labute approximate surface area is 777 Å². The summed E-state index contributed by atoms with van der Waals surface area (Å²) in [6.07, 6.45) is 0. The van der Waals surface area contributed by atoms with E-state index in [1.807, 2.05) is 0 Å². The second kappa shape index (κ2) is 33.4. The lowest BCUT2D eigenvalue weighted by Gasteiger charge is -2.26. The van der Waals surface area contributed by atoms with Crippen LogP contribution in [0.4, 0.5) is 34.1 Å². The first-order chi connectivity index (χ1) is 66.4. The number of rotatable bonds is 15. The van der Waals surface area contributed by atoms with Crippen LogP contribution in [0.25, 0.3) is 208 Å². The van der Waals surface area contributed by atoms with E-state index in [1.165, 1.54) is 197 Å². The van der Waals surface area contributed by atoms with Crippen molar-refractivity contribution in [2.75, 3.05) is 9.80 Å². The summed E-state index contributed by atoms with van der Waals surface area (Å²) in [4.78, 5) is 4.69. The smallest absolute Gasteiger partial charge is 0.0541 e. The Morgan fingerprint density at radius 3 is 0.664 bits per heavy atom. The van der Waals surface area contributed by atoms with Crippen LogP contribution in [-0.2, 0) is 0 Å². The zero-order valence-electron chi connectivity index (χ0n) is 73.4. The van der Waals surface area contributed by atoms with Gasteiger partial charge in [-0.25, -0.2) is 0 Å². The summed E-state index contributed by atoms with van der Waals surface area (Å²) in [5, 5.41) is 22.9. The van der Waals surface area contributed by atoms with Crippen molar-refractivity contribution in [3.8, 4) is 89.3 Å². The van der Waals surface area contributed by atoms with Gasteiger partial charge in [0.1, 0.15) is 0 Å². The van der Waals surface area contributed by atoms with Gasteiger partial charge >= 0.3 is 0 Å². The lowest BCUT2D eigenvalue weighted by molar-refractivity contribution is 1.18. The van der Waals surface area contributed by atoms with Gasteiger partial charge in [0.2, 0.25) is 0 Å². The predicted octanol–water partition coefficient (Wildman–Crippen LogP) is 36.2. The number of fused-ring (bicyclic) bond motifs is 19. The molecule has 2 heterocycles. The maximum atomic E-state index is 2.40. The molecule has 4 heteroatoms. The van der Waals surface area contributed by atoms with Crippen LogP contribution >= 0.6 is 0 Å². The molecule has 0 atom stereocenters. The first-order valence-corrected chi connectivity index (χ1v) is 46.2. The van der Waals surface area contributed by atoms with E-state index in [1.54, 1.807) is 0 Å². The highest BCUT2D eigenvalue weighted by Gasteiger charge is 2.23. The van der Waals surface area contributed by atoms with Gasteiger partial charge in [-0.2, -0.15) is 0 Å². The number of hydrogen-bond donors (Lipinski definition) is 0. The number of hydrogen-bond acceptors (Lipinski definition) is 2. The Bertz CT molecular complexity index is 8910. The maximum absolute atomic E-state index is 2.40. The first-order valence-electron chi connectivity index (χ1n) is 46.2. The van der Waals surface area contributed by atoms with E-state index in [4.69, 9.17) is 0 Å². The molecular weight excluding hydrogens is 1620 g/mol. The minimum absolute atomic E-state index is 1.10. The van der Waals surface area contributed by atoms with Gasteiger partial charge in [0.15, 0.2) is 0 Å². The maximum Gasteiger partial charge on any atom is 0.0541 e. The standard InChI is InChI=1S/C66H44N2.C64H42N2/c1-4-14-45(15-5-1)46-24-26-47(27-25-46)51-33-40-65-63(43-51)64-44-52(34-41-66(64)68(65)54-18-8-3-9-19-54)49-30-37-56(38-31-49)67(53-16-6-2-7-17-53)55-35-28-48(29-36-55)50-32-39-61-59-22-11-10-20-57(59)58-21-12-13-23-60(58)62(61)42-50;1-3-16-49(17-4-1)65(51-33-26-43(27-34-51)46-30-37-59-57-23-10-9-21-55(57)56-22-11-12-24-58(56)60(59)40-46)52-35-28-44(29-36-52)47-31-38-63-61(41-47)62-42-48(54-25-13-15-45-14-7-8-20-53(45)54)32-39-64(62)66(63)50-18-5-2-6-19-50/h1-44H;1-42H. The van der Waals surface area contributed by atoms with E-state index in [9.17, 15) is 0 Å². The molecule has 0 spiro atoms. The Morgan fingerprint density at radius 2 is 0.328 bits per heavy atom. The van der Waals surface area contributed by atoms with Gasteiger partial charge in [0.05, 0.1) is 22.1 Å². The van der Waals surface area contributed by atoms with E-state index < -0.39 is 0 Å². The summed E-state index contributed by atoms with van der Waals surface area (Å²) in [7, 11) is 0. The number of anilines is 6. The highest BCUT2D eigenvalue weighted by molar-refractivity contribution is 6.27. The third kappa shape index (κ3) is 14.0. The number of benzene rings is 24. The molecule has 2 aromatic heterocycles. The molecule has 4 nitrogen and oxygen atoms in total. The summed E-state index contributed by atoms with van der Waals surface area (Å²) >= 11 is 0. The van der Waals surface area contributed by atoms with E-state index >= 15 is 0 Å². The van der Waals surface area contributed by atoms with E-state index in [0.29, 0.717) is 0 Å². The van der Waals surface area contributed by atoms with Crippen LogP contribution < -0.4 is 9.80 Å². The van der Waals surface area contributed by atoms with Gasteiger partial charge < -0.3 is 18.9 Å². The van der Waals surface area contributed by atoms with Gasteiger partial charge in [-0.1, -0.05) is 364 Å². The predicted molar refractivity (Wildman–Crippen MR) is 572 cm³/mol. The highest BCUT2D eigenvalue weighted by Crippen LogP contribution is 2.47. The molecule has 0 radical (unpaired) electrons. The lowest BCUT2D eigenvalue weighted by atomic mass is 9.92. The molecule has 0 bridgehead atoms. The molecule has 0 saturated carbocycles. The van der Waals surface area contributed by atoms with Crippen molar-refractivity contribution in [2.24, 2.45) is 0 Å². The van der Waals surface area contributed by atoms with Crippen LogP contribution in [0.15, 0.2) is 522 Å². The van der Waals surface area contributed by atoms with Crippen LogP contribution in [0.5, 0.6) is 0 Å². The van der Waals surface area contributed by atoms with Crippen LogP contribution in [0.2, 0.25) is 0 Å². The van der Waals surface area contributed by atoms with Crippen LogP contribution in [-0.4, -0.2) is 9.13 Å². The Balaban J connectivity index is 0.000000143. The fourth-order valence-electron chi connectivity index (χ4n) is 20.9. The first kappa shape index (κ1) is 78.5. The fourth-order valence-corrected chi connectivity index (χ4v) is 20.9. The summed E-state index contributed by atoms with van der Waals surface area (Å²) in [6.45, 7) is 0. The van der Waals surface area contributed by atoms with Crippen molar-refractivity contribution in [3.63, 3.8) is 0 Å². The molecule has 626 valence electrons. The summed E-state index contributed by atoms with van der Waals surface area (Å²) in [5.41, 5.74) is 30.5. The average Bonchev–Trinajstić information content (AvgIpc) is 1.69. The molecule has 0 N–H and O–H groups in total. The topological polar surface area (TPSA) is 16.3 Å². The van der Waals surface area contributed by atoms with Crippen molar-refractivity contribution in [2.45, 2.75) is 0 Å². The fraction of sp³-hybridized carbons (Fsp3) is 0. The van der Waals surface area contributed by atoms with E-state index in [-0.39, 0.29) is 0 Å². The van der Waals surface area contributed by atoms with Crippen molar-refractivity contribution < 1.29 is 0 Å². The molecule has 134 heavy (non-hydrogen) atoms. The van der Waals surface area contributed by atoms with Gasteiger partial charge in [-0.15, -0.1) is 0 Å². The normalized spacial score (nSPS) is 11.6. The van der Waals surface area contributed by atoms with Gasteiger partial charge in [0, 0.05) is 67.0 Å². The zero-order chi connectivity index (χ0) is 88.5.